The Hall–Kier alpha value is -2.84. The highest BCUT2D eigenvalue weighted by Crippen LogP contribution is 2.32. The molecule has 1 saturated carbocycles. The molecule has 9 heteroatoms. The number of carbonyl (C=O) groups is 1. The van der Waals surface area contributed by atoms with Gasteiger partial charge in [0.15, 0.2) is 11.2 Å². The van der Waals surface area contributed by atoms with E-state index in [1.807, 2.05) is 13.1 Å². The van der Waals surface area contributed by atoms with Crippen LogP contribution in [0, 0.1) is 6.92 Å². The zero-order valence-electron chi connectivity index (χ0n) is 15.1. The van der Waals surface area contributed by atoms with Gasteiger partial charge in [-0.25, -0.2) is 9.36 Å². The number of nitrogens with zero attached hydrogens (tertiary/aromatic N) is 5. The first kappa shape index (κ1) is 16.6. The Labute approximate surface area is 148 Å². The molecule has 0 unspecified atom stereocenters. The fourth-order valence-electron chi connectivity index (χ4n) is 3.97. The van der Waals surface area contributed by atoms with E-state index in [2.05, 4.69) is 14.3 Å². The van der Waals surface area contributed by atoms with Crippen molar-refractivity contribution in [1.82, 2.24) is 23.1 Å². The average Bonchev–Trinajstić information content (AvgIpc) is 3.31. The maximum Gasteiger partial charge on any atom is 0.333 e. The summed E-state index contributed by atoms with van der Waals surface area (Å²) in [4.78, 5) is 41.7. The van der Waals surface area contributed by atoms with Gasteiger partial charge in [-0.15, -0.1) is 0 Å². The Morgan fingerprint density at radius 1 is 1.31 bits per heavy atom. The lowest BCUT2D eigenvalue weighted by atomic mass is 10.2. The highest BCUT2D eigenvalue weighted by atomic mass is 16.5. The minimum atomic E-state index is -0.649. The lowest BCUT2D eigenvalue weighted by Crippen LogP contribution is -2.41. The molecule has 1 aliphatic carbocycles. The second kappa shape index (κ2) is 5.86. The number of carbonyl (C=O) groups excluding carboxylic acids is 1. The first-order chi connectivity index (χ1) is 12.4. The van der Waals surface area contributed by atoms with Crippen LogP contribution in [0.4, 0.5) is 0 Å². The molecule has 26 heavy (non-hydrogen) atoms. The van der Waals surface area contributed by atoms with Gasteiger partial charge >= 0.3 is 11.7 Å². The second-order valence-corrected chi connectivity index (χ2v) is 6.84. The molecule has 0 aromatic carbocycles. The van der Waals surface area contributed by atoms with E-state index >= 15 is 0 Å². The van der Waals surface area contributed by atoms with Crippen LogP contribution in [0.15, 0.2) is 15.8 Å². The molecule has 9 nitrogen and oxygen atoms in total. The number of imidazole rings is 2. The van der Waals surface area contributed by atoms with E-state index in [4.69, 9.17) is 0 Å². The van der Waals surface area contributed by atoms with Gasteiger partial charge in [0.25, 0.3) is 5.56 Å². The summed E-state index contributed by atoms with van der Waals surface area (Å²) in [5.74, 6) is 0.0105. The lowest BCUT2D eigenvalue weighted by Gasteiger charge is -2.13. The van der Waals surface area contributed by atoms with E-state index in [9.17, 15) is 14.4 Å². The standard InChI is InChI=1S/C17H21N5O4/c1-10-8-20-13-14(18-16(20)22(10)11-6-4-5-7-11)19(2)17(25)21(15(13)24)9-12(23)26-3/h8,11H,4-7,9H2,1-3H3. The van der Waals surface area contributed by atoms with Crippen molar-refractivity contribution in [3.63, 3.8) is 0 Å². The average molecular weight is 359 g/mol. The third-order valence-electron chi connectivity index (χ3n) is 5.27. The molecule has 3 aromatic rings. The van der Waals surface area contributed by atoms with Crippen molar-refractivity contribution in [3.8, 4) is 0 Å². The molecule has 0 spiro atoms. The molecule has 138 valence electrons. The van der Waals surface area contributed by atoms with Crippen LogP contribution in [0.1, 0.15) is 37.4 Å². The molecule has 1 aliphatic rings. The summed E-state index contributed by atoms with van der Waals surface area (Å²) >= 11 is 0. The maximum atomic E-state index is 12.9. The molecule has 4 rings (SSSR count). The Bertz CT molecular complexity index is 1140. The Morgan fingerprint density at radius 2 is 2.00 bits per heavy atom. The quantitative estimate of drug-likeness (QED) is 0.643. The van der Waals surface area contributed by atoms with Crippen molar-refractivity contribution in [1.29, 1.82) is 0 Å². The molecule has 0 radical (unpaired) electrons. The Kier molecular flexibility index (Phi) is 3.74. The number of hydrogen-bond acceptors (Lipinski definition) is 5. The summed E-state index contributed by atoms with van der Waals surface area (Å²) in [7, 11) is 2.77. The van der Waals surface area contributed by atoms with Gasteiger partial charge in [-0.1, -0.05) is 12.8 Å². The number of fused-ring (bicyclic) bond motifs is 3. The first-order valence-electron chi connectivity index (χ1n) is 8.70. The van der Waals surface area contributed by atoms with Crippen molar-refractivity contribution in [2.24, 2.45) is 7.05 Å². The molecule has 0 bridgehead atoms. The molecular weight excluding hydrogens is 338 g/mol. The van der Waals surface area contributed by atoms with Crippen molar-refractivity contribution >= 4 is 22.9 Å². The van der Waals surface area contributed by atoms with Crippen LogP contribution in [-0.2, 0) is 23.1 Å². The van der Waals surface area contributed by atoms with Gasteiger partial charge in [-0.05, 0) is 19.8 Å². The van der Waals surface area contributed by atoms with Gasteiger partial charge in [0.2, 0.25) is 5.78 Å². The molecule has 0 atom stereocenters. The smallest absolute Gasteiger partial charge is 0.333 e. The summed E-state index contributed by atoms with van der Waals surface area (Å²) < 4.78 is 10.7. The van der Waals surface area contributed by atoms with E-state index < -0.39 is 23.8 Å². The fourth-order valence-corrected chi connectivity index (χ4v) is 3.97. The predicted octanol–water partition coefficient (Wildman–Crippen LogP) is 0.746. The summed E-state index contributed by atoms with van der Waals surface area (Å²) in [6, 6.07) is 0.360. The molecule has 1 fully saturated rings. The number of hydrogen-bond donors (Lipinski definition) is 0. The van der Waals surface area contributed by atoms with Crippen LogP contribution in [0.5, 0.6) is 0 Å². The molecule has 3 aromatic heterocycles. The Morgan fingerprint density at radius 3 is 2.65 bits per heavy atom. The highest BCUT2D eigenvalue weighted by Gasteiger charge is 2.25. The zero-order chi connectivity index (χ0) is 18.6. The predicted molar refractivity (Wildman–Crippen MR) is 94.4 cm³/mol. The van der Waals surface area contributed by atoms with Gasteiger partial charge in [0.05, 0.1) is 7.11 Å². The fraction of sp³-hybridized carbons (Fsp3) is 0.529. The molecule has 0 saturated heterocycles. The van der Waals surface area contributed by atoms with E-state index in [1.54, 1.807) is 11.4 Å². The van der Waals surface area contributed by atoms with Crippen LogP contribution in [0.2, 0.25) is 0 Å². The van der Waals surface area contributed by atoms with E-state index in [-0.39, 0.29) is 0 Å². The normalized spacial score (nSPS) is 15.3. The molecule has 3 heterocycles. The molecule has 0 aliphatic heterocycles. The van der Waals surface area contributed by atoms with E-state index in [0.29, 0.717) is 23.0 Å². The van der Waals surface area contributed by atoms with E-state index in [0.717, 1.165) is 23.1 Å². The number of esters is 1. The Balaban J connectivity index is 2.04. The monoisotopic (exact) mass is 359 g/mol. The van der Waals surface area contributed by atoms with E-state index in [1.165, 1.54) is 24.5 Å². The van der Waals surface area contributed by atoms with Crippen molar-refractivity contribution < 1.29 is 9.53 Å². The largest absolute Gasteiger partial charge is 0.468 e. The molecular formula is C17H21N5O4. The van der Waals surface area contributed by atoms with Crippen LogP contribution in [-0.4, -0.2) is 36.2 Å². The number of aromatic nitrogens is 5. The highest BCUT2D eigenvalue weighted by molar-refractivity contribution is 5.76. The van der Waals surface area contributed by atoms with Gasteiger partial charge in [0, 0.05) is 25.0 Å². The first-order valence-corrected chi connectivity index (χ1v) is 8.70. The number of methoxy groups -OCH3 is 1. The lowest BCUT2D eigenvalue weighted by molar-refractivity contribution is -0.141. The third-order valence-corrected chi connectivity index (χ3v) is 5.27. The topological polar surface area (TPSA) is 92.5 Å². The van der Waals surface area contributed by atoms with Crippen LogP contribution < -0.4 is 11.2 Å². The minimum absolute atomic E-state index is 0.297. The summed E-state index contributed by atoms with van der Waals surface area (Å²) in [5.41, 5.74) is 0.519. The van der Waals surface area contributed by atoms with Gasteiger partial charge < -0.3 is 9.30 Å². The van der Waals surface area contributed by atoms with Crippen LogP contribution in [0.3, 0.4) is 0 Å². The van der Waals surface area contributed by atoms with Crippen molar-refractivity contribution in [2.75, 3.05) is 7.11 Å². The molecule has 0 N–H and O–H groups in total. The summed E-state index contributed by atoms with van der Waals surface area (Å²) in [6.07, 6.45) is 6.40. The number of rotatable bonds is 3. The number of aryl methyl sites for hydroxylation is 2. The van der Waals surface area contributed by atoms with Crippen molar-refractivity contribution in [3.05, 3.63) is 32.7 Å². The summed E-state index contributed by atoms with van der Waals surface area (Å²) in [5, 5.41) is 0. The SMILES string of the molecule is COC(=O)Cn1c(=O)c2c(nc3n(C4CCCC4)c(C)cn23)n(C)c1=O. The number of ether oxygens (including phenoxy) is 1. The zero-order valence-corrected chi connectivity index (χ0v) is 15.1. The maximum absolute atomic E-state index is 12.9. The minimum Gasteiger partial charge on any atom is -0.468 e. The van der Waals surface area contributed by atoms with Crippen LogP contribution in [0.25, 0.3) is 16.9 Å². The van der Waals surface area contributed by atoms with Gasteiger partial charge in [0.1, 0.15) is 6.54 Å². The van der Waals surface area contributed by atoms with Gasteiger partial charge in [-0.2, -0.15) is 4.98 Å². The molecule has 0 amide bonds. The third kappa shape index (κ3) is 2.23. The second-order valence-electron chi connectivity index (χ2n) is 6.84. The van der Waals surface area contributed by atoms with Crippen LogP contribution >= 0.6 is 0 Å². The van der Waals surface area contributed by atoms with Gasteiger partial charge in [-0.3, -0.25) is 18.6 Å². The summed E-state index contributed by atoms with van der Waals surface area (Å²) in [6.45, 7) is 1.57. The van der Waals surface area contributed by atoms with Crippen molar-refractivity contribution in [2.45, 2.75) is 45.2 Å².